The van der Waals surface area contributed by atoms with Crippen molar-refractivity contribution >= 4 is 11.6 Å². The van der Waals surface area contributed by atoms with Crippen molar-refractivity contribution in [1.82, 2.24) is 0 Å². The summed E-state index contributed by atoms with van der Waals surface area (Å²) in [6.45, 7) is 2.43. The Morgan fingerprint density at radius 2 is 1.76 bits per heavy atom. The van der Waals surface area contributed by atoms with Crippen molar-refractivity contribution in [3.63, 3.8) is 0 Å². The van der Waals surface area contributed by atoms with E-state index in [0.717, 1.165) is 18.8 Å². The number of hydrogen-bond donors (Lipinski definition) is 0. The van der Waals surface area contributed by atoms with Crippen LogP contribution in [0.1, 0.15) is 5.56 Å². The van der Waals surface area contributed by atoms with Crippen molar-refractivity contribution in [2.24, 2.45) is 0 Å². The van der Waals surface area contributed by atoms with E-state index in [4.69, 9.17) is 25.8 Å². The third kappa shape index (κ3) is 6.51. The zero-order valence-electron chi connectivity index (χ0n) is 10.2. The predicted octanol–water partition coefficient (Wildman–Crippen LogP) is 2.51. The molecule has 0 amide bonds. The van der Waals surface area contributed by atoms with Crippen LogP contribution in [0, 0.1) is 0 Å². The number of ether oxygens (including phenoxy) is 3. The molecule has 0 aliphatic rings. The van der Waals surface area contributed by atoms with Gasteiger partial charge in [0.1, 0.15) is 12.4 Å². The van der Waals surface area contributed by atoms with Crippen LogP contribution in [0.3, 0.4) is 0 Å². The summed E-state index contributed by atoms with van der Waals surface area (Å²) in [6, 6.07) is 8.03. The standard InChI is InChI=1S/C13H19ClO3/c1-15-8-6-12-2-4-13(5-3-12)17-11-10-16-9-7-14/h2-5H,6-11H2,1H3. The first-order chi connectivity index (χ1) is 8.36. The van der Waals surface area contributed by atoms with Crippen molar-refractivity contribution < 1.29 is 14.2 Å². The Bertz CT molecular complexity index is 287. The van der Waals surface area contributed by atoms with Crippen LogP contribution in [0.15, 0.2) is 24.3 Å². The molecule has 0 N–H and O–H groups in total. The molecule has 0 fully saturated rings. The molecule has 0 aromatic heterocycles. The van der Waals surface area contributed by atoms with Gasteiger partial charge in [-0.05, 0) is 24.1 Å². The van der Waals surface area contributed by atoms with Crippen molar-refractivity contribution in [3.05, 3.63) is 29.8 Å². The second-order valence-electron chi connectivity index (χ2n) is 3.54. The van der Waals surface area contributed by atoms with Crippen LogP contribution >= 0.6 is 11.6 Å². The van der Waals surface area contributed by atoms with E-state index < -0.39 is 0 Å². The summed E-state index contributed by atoms with van der Waals surface area (Å²) in [7, 11) is 1.71. The maximum Gasteiger partial charge on any atom is 0.119 e. The third-order valence-electron chi connectivity index (χ3n) is 2.24. The lowest BCUT2D eigenvalue weighted by Gasteiger charge is -2.07. The Kier molecular flexibility index (Phi) is 7.80. The Morgan fingerprint density at radius 1 is 1.00 bits per heavy atom. The zero-order valence-corrected chi connectivity index (χ0v) is 10.9. The summed E-state index contributed by atoms with van der Waals surface area (Å²) in [5.74, 6) is 1.38. The fourth-order valence-corrected chi connectivity index (χ4v) is 1.46. The molecule has 0 saturated heterocycles. The molecule has 0 atom stereocenters. The van der Waals surface area contributed by atoms with Gasteiger partial charge in [0.15, 0.2) is 0 Å². The van der Waals surface area contributed by atoms with Crippen LogP contribution in [0.5, 0.6) is 5.75 Å². The summed E-state index contributed by atoms with van der Waals surface area (Å²) in [6.07, 6.45) is 0.926. The molecule has 1 rings (SSSR count). The van der Waals surface area contributed by atoms with E-state index in [1.165, 1.54) is 5.56 Å². The van der Waals surface area contributed by atoms with E-state index in [-0.39, 0.29) is 0 Å². The minimum Gasteiger partial charge on any atom is -0.491 e. The van der Waals surface area contributed by atoms with Gasteiger partial charge < -0.3 is 14.2 Å². The van der Waals surface area contributed by atoms with Crippen LogP contribution in [0.25, 0.3) is 0 Å². The quantitative estimate of drug-likeness (QED) is 0.503. The molecule has 96 valence electrons. The molecule has 4 heteroatoms. The van der Waals surface area contributed by atoms with Gasteiger partial charge in [0.05, 0.1) is 19.8 Å². The predicted molar refractivity (Wildman–Crippen MR) is 69.1 cm³/mol. The third-order valence-corrected chi connectivity index (χ3v) is 2.39. The highest BCUT2D eigenvalue weighted by atomic mass is 35.5. The van der Waals surface area contributed by atoms with Gasteiger partial charge in [-0.1, -0.05) is 12.1 Å². The largest absolute Gasteiger partial charge is 0.491 e. The second kappa shape index (κ2) is 9.28. The van der Waals surface area contributed by atoms with Gasteiger partial charge in [-0.25, -0.2) is 0 Å². The summed E-state index contributed by atoms with van der Waals surface area (Å²) in [5, 5.41) is 0. The van der Waals surface area contributed by atoms with Crippen molar-refractivity contribution in [1.29, 1.82) is 0 Å². The number of benzene rings is 1. The molecule has 0 aliphatic heterocycles. The first kappa shape index (κ1) is 14.3. The van der Waals surface area contributed by atoms with E-state index in [0.29, 0.717) is 25.7 Å². The molecule has 0 aliphatic carbocycles. The molecule has 1 aromatic carbocycles. The van der Waals surface area contributed by atoms with E-state index in [1.807, 2.05) is 24.3 Å². The second-order valence-corrected chi connectivity index (χ2v) is 3.91. The SMILES string of the molecule is COCCc1ccc(OCCOCCCl)cc1. The molecule has 17 heavy (non-hydrogen) atoms. The average molecular weight is 259 g/mol. The van der Waals surface area contributed by atoms with Crippen LogP contribution in [0.2, 0.25) is 0 Å². The topological polar surface area (TPSA) is 27.7 Å². The minimum atomic E-state index is 0.522. The molecule has 3 nitrogen and oxygen atoms in total. The summed E-state index contributed by atoms with van der Waals surface area (Å²) < 4.78 is 15.7. The van der Waals surface area contributed by atoms with Crippen LogP contribution < -0.4 is 4.74 Å². The van der Waals surface area contributed by atoms with Crippen molar-refractivity contribution in [3.8, 4) is 5.75 Å². The highest BCUT2D eigenvalue weighted by Crippen LogP contribution is 2.12. The maximum atomic E-state index is 5.51. The highest BCUT2D eigenvalue weighted by molar-refractivity contribution is 6.17. The Labute approximate surface area is 108 Å². The molecule has 0 bridgehead atoms. The smallest absolute Gasteiger partial charge is 0.119 e. The Balaban J connectivity index is 2.20. The van der Waals surface area contributed by atoms with Gasteiger partial charge in [0.2, 0.25) is 0 Å². The van der Waals surface area contributed by atoms with Gasteiger partial charge in [-0.15, -0.1) is 11.6 Å². The average Bonchev–Trinajstić information content (AvgIpc) is 2.37. The Hall–Kier alpha value is -0.770. The van der Waals surface area contributed by atoms with Gasteiger partial charge >= 0.3 is 0 Å². The molecule has 0 saturated carbocycles. The first-order valence-corrected chi connectivity index (χ1v) is 6.24. The van der Waals surface area contributed by atoms with Crippen molar-refractivity contribution in [2.45, 2.75) is 6.42 Å². The highest BCUT2D eigenvalue weighted by Gasteiger charge is 1.96. The summed E-state index contributed by atoms with van der Waals surface area (Å²) in [5.41, 5.74) is 1.25. The minimum absolute atomic E-state index is 0.522. The fourth-order valence-electron chi connectivity index (χ4n) is 1.35. The van der Waals surface area contributed by atoms with Crippen molar-refractivity contribution in [2.75, 3.05) is 39.4 Å². The lowest BCUT2D eigenvalue weighted by Crippen LogP contribution is -2.08. The summed E-state index contributed by atoms with van der Waals surface area (Å²) >= 11 is 5.48. The molecule has 0 unspecified atom stereocenters. The van der Waals surface area contributed by atoms with Gasteiger partial charge in [-0.3, -0.25) is 0 Å². The number of halogens is 1. The first-order valence-electron chi connectivity index (χ1n) is 5.71. The zero-order chi connectivity index (χ0) is 12.3. The molecule has 0 heterocycles. The molecular formula is C13H19ClO3. The maximum absolute atomic E-state index is 5.51. The molecule has 0 radical (unpaired) electrons. The molecule has 0 spiro atoms. The fraction of sp³-hybridized carbons (Fsp3) is 0.538. The van der Waals surface area contributed by atoms with Crippen LogP contribution in [-0.2, 0) is 15.9 Å². The lowest BCUT2D eigenvalue weighted by molar-refractivity contribution is 0.111. The van der Waals surface area contributed by atoms with Crippen LogP contribution in [0.4, 0.5) is 0 Å². The van der Waals surface area contributed by atoms with Gasteiger partial charge in [0.25, 0.3) is 0 Å². The summed E-state index contributed by atoms with van der Waals surface area (Å²) in [4.78, 5) is 0. The number of rotatable bonds is 9. The van der Waals surface area contributed by atoms with Gasteiger partial charge in [-0.2, -0.15) is 0 Å². The van der Waals surface area contributed by atoms with Crippen LogP contribution in [-0.4, -0.2) is 39.4 Å². The van der Waals surface area contributed by atoms with E-state index >= 15 is 0 Å². The van der Waals surface area contributed by atoms with E-state index in [9.17, 15) is 0 Å². The number of methoxy groups -OCH3 is 1. The number of hydrogen-bond acceptors (Lipinski definition) is 3. The van der Waals surface area contributed by atoms with Gasteiger partial charge in [0, 0.05) is 13.0 Å². The lowest BCUT2D eigenvalue weighted by atomic mass is 10.1. The monoisotopic (exact) mass is 258 g/mol. The molecule has 1 aromatic rings. The molecular weight excluding hydrogens is 240 g/mol. The Morgan fingerprint density at radius 3 is 2.41 bits per heavy atom. The normalized spacial score (nSPS) is 10.5. The van der Waals surface area contributed by atoms with E-state index in [2.05, 4.69) is 0 Å². The number of alkyl halides is 1. The van der Waals surface area contributed by atoms with E-state index in [1.54, 1.807) is 7.11 Å².